The first-order chi connectivity index (χ1) is 22.1. The third-order valence-electron chi connectivity index (χ3n) is 8.12. The Morgan fingerprint density at radius 2 is 1.20 bits per heavy atom. The second kappa shape index (κ2) is 30.2. The number of likely N-dealkylation sites (N-methyl/N-ethyl adjacent to an activating group) is 1. The Hall–Kier alpha value is -2.19. The van der Waals surface area contributed by atoms with Gasteiger partial charge in [-0.2, -0.15) is 0 Å². The van der Waals surface area contributed by atoms with E-state index in [4.69, 9.17) is 14.2 Å². The normalized spacial score (nSPS) is 13.3. The van der Waals surface area contributed by atoms with E-state index in [0.717, 1.165) is 32.1 Å². The van der Waals surface area contributed by atoms with Crippen LogP contribution in [0.2, 0.25) is 0 Å². The fraction of sp³-hybridized carbons (Fsp3) is 0.816. The molecule has 2 atom stereocenters. The second-order valence-electron chi connectivity index (χ2n) is 13.5. The number of rotatable bonds is 32. The summed E-state index contributed by atoms with van der Waals surface area (Å²) in [7, 11) is 5.50. The Kier molecular flexibility index (Phi) is 28.7. The van der Waals surface area contributed by atoms with Crippen LogP contribution in [0.25, 0.3) is 0 Å². The van der Waals surface area contributed by atoms with Crippen LogP contribution >= 0.6 is 0 Å². The molecule has 2 unspecified atom stereocenters. The van der Waals surface area contributed by atoms with Crippen molar-refractivity contribution in [1.29, 1.82) is 0 Å². The van der Waals surface area contributed by atoms with Gasteiger partial charge in [0, 0.05) is 19.3 Å². The molecule has 268 valence electrons. The standard InChI is InChI=1S/C38H69NO7/c1-6-8-10-12-14-16-17-18-19-21-22-24-26-28-36(40)45-33-34(32-44-31-30-35(38(42)43)39(3,4)5)46-37(41)29-27-25-23-20-15-13-11-9-7-2/h18-19,22,24,34-35H,6-17,20-21,23,25-33H2,1-5H3/p+1/b19-18+,24-22+. The number of hydrogen-bond acceptors (Lipinski definition) is 6. The van der Waals surface area contributed by atoms with Crippen molar-refractivity contribution < 1.29 is 38.2 Å². The zero-order valence-electron chi connectivity index (χ0n) is 30.3. The predicted molar refractivity (Wildman–Crippen MR) is 188 cm³/mol. The highest BCUT2D eigenvalue weighted by molar-refractivity contribution is 5.72. The Morgan fingerprint density at radius 3 is 1.76 bits per heavy atom. The maximum atomic E-state index is 12.6. The van der Waals surface area contributed by atoms with Crippen molar-refractivity contribution in [3.05, 3.63) is 24.3 Å². The number of carboxylic acids is 1. The van der Waals surface area contributed by atoms with Crippen molar-refractivity contribution in [3.8, 4) is 0 Å². The van der Waals surface area contributed by atoms with Crippen LogP contribution in [0.15, 0.2) is 24.3 Å². The van der Waals surface area contributed by atoms with Crippen LogP contribution < -0.4 is 0 Å². The molecule has 0 saturated carbocycles. The molecular weight excluding hydrogens is 582 g/mol. The van der Waals surface area contributed by atoms with Gasteiger partial charge in [-0.15, -0.1) is 0 Å². The second-order valence-corrected chi connectivity index (χ2v) is 13.5. The summed E-state index contributed by atoms with van der Waals surface area (Å²) in [6.45, 7) is 4.63. The van der Waals surface area contributed by atoms with Gasteiger partial charge in [-0.3, -0.25) is 9.59 Å². The summed E-state index contributed by atoms with van der Waals surface area (Å²) in [6, 6.07) is -0.616. The molecule has 8 heteroatoms. The van der Waals surface area contributed by atoms with Gasteiger partial charge in [0.25, 0.3) is 0 Å². The van der Waals surface area contributed by atoms with Crippen molar-refractivity contribution in [3.63, 3.8) is 0 Å². The summed E-state index contributed by atoms with van der Waals surface area (Å²) in [5, 5.41) is 9.55. The first-order valence-corrected chi connectivity index (χ1v) is 18.4. The number of quaternary nitrogens is 1. The van der Waals surface area contributed by atoms with Crippen LogP contribution in [0.5, 0.6) is 0 Å². The number of carbonyl (C=O) groups excluding carboxylic acids is 2. The van der Waals surface area contributed by atoms with Crippen molar-refractivity contribution in [2.24, 2.45) is 0 Å². The molecule has 0 bridgehead atoms. The molecule has 0 amide bonds. The van der Waals surface area contributed by atoms with E-state index in [1.807, 2.05) is 27.2 Å². The van der Waals surface area contributed by atoms with Gasteiger partial charge in [-0.05, 0) is 32.1 Å². The number of esters is 2. The number of aliphatic carboxylic acids is 1. The number of allylic oxidation sites excluding steroid dienone is 4. The number of carbonyl (C=O) groups is 3. The highest BCUT2D eigenvalue weighted by Gasteiger charge is 2.31. The van der Waals surface area contributed by atoms with Gasteiger partial charge in [-0.25, -0.2) is 4.79 Å². The monoisotopic (exact) mass is 653 g/mol. The summed E-state index contributed by atoms with van der Waals surface area (Å²) in [4.78, 5) is 36.6. The summed E-state index contributed by atoms with van der Waals surface area (Å²) >= 11 is 0. The highest BCUT2D eigenvalue weighted by atomic mass is 16.6. The summed E-state index contributed by atoms with van der Waals surface area (Å²) in [6.07, 6.45) is 29.5. The molecule has 0 aliphatic heterocycles. The van der Waals surface area contributed by atoms with Crippen LogP contribution in [-0.4, -0.2) is 80.6 Å². The van der Waals surface area contributed by atoms with Crippen LogP contribution in [-0.2, 0) is 28.6 Å². The molecular formula is C38H70NO7+. The topological polar surface area (TPSA) is 99.1 Å². The van der Waals surface area contributed by atoms with E-state index in [1.165, 1.54) is 77.0 Å². The molecule has 0 aromatic heterocycles. The molecule has 8 nitrogen and oxygen atoms in total. The minimum absolute atomic E-state index is 0.0469. The quantitative estimate of drug-likeness (QED) is 0.0335. The summed E-state index contributed by atoms with van der Waals surface area (Å²) < 4.78 is 17.1. The van der Waals surface area contributed by atoms with Crippen molar-refractivity contribution in [2.45, 2.75) is 161 Å². The zero-order chi connectivity index (χ0) is 34.3. The molecule has 0 rings (SSSR count). The smallest absolute Gasteiger partial charge is 0.362 e. The third-order valence-corrected chi connectivity index (χ3v) is 8.12. The van der Waals surface area contributed by atoms with Crippen LogP contribution in [0.4, 0.5) is 0 Å². The van der Waals surface area contributed by atoms with E-state index >= 15 is 0 Å². The number of hydrogen-bond donors (Lipinski definition) is 1. The van der Waals surface area contributed by atoms with E-state index in [-0.39, 0.29) is 42.7 Å². The summed E-state index contributed by atoms with van der Waals surface area (Å²) in [5.41, 5.74) is 0. The van der Waals surface area contributed by atoms with Crippen molar-refractivity contribution >= 4 is 17.9 Å². The Bertz CT molecular complexity index is 818. The molecule has 0 aliphatic rings. The van der Waals surface area contributed by atoms with Gasteiger partial charge < -0.3 is 23.8 Å². The number of unbranched alkanes of at least 4 members (excludes halogenated alkanes) is 14. The maximum Gasteiger partial charge on any atom is 0.362 e. The Balaban J connectivity index is 4.51. The number of carboxylic acid groups (broad SMARTS) is 1. The summed E-state index contributed by atoms with van der Waals surface area (Å²) in [5.74, 6) is -1.55. The van der Waals surface area contributed by atoms with E-state index in [2.05, 4.69) is 32.1 Å². The zero-order valence-corrected chi connectivity index (χ0v) is 30.3. The fourth-order valence-electron chi connectivity index (χ4n) is 5.20. The van der Waals surface area contributed by atoms with Gasteiger partial charge in [0.15, 0.2) is 12.1 Å². The van der Waals surface area contributed by atoms with Gasteiger partial charge in [0.05, 0.1) is 34.4 Å². The number of nitrogens with zero attached hydrogens (tertiary/aromatic N) is 1. The molecule has 0 radical (unpaired) electrons. The van der Waals surface area contributed by atoms with Crippen LogP contribution in [0.1, 0.15) is 149 Å². The molecule has 0 spiro atoms. The largest absolute Gasteiger partial charge is 0.477 e. The minimum Gasteiger partial charge on any atom is -0.477 e. The van der Waals surface area contributed by atoms with Crippen LogP contribution in [0.3, 0.4) is 0 Å². The molecule has 46 heavy (non-hydrogen) atoms. The molecule has 0 aliphatic carbocycles. The van der Waals surface area contributed by atoms with E-state index in [9.17, 15) is 19.5 Å². The van der Waals surface area contributed by atoms with Gasteiger partial charge in [-0.1, -0.05) is 122 Å². The molecule has 0 saturated heterocycles. The lowest BCUT2D eigenvalue weighted by molar-refractivity contribution is -0.887. The number of ether oxygens (including phenoxy) is 3. The van der Waals surface area contributed by atoms with E-state index < -0.39 is 18.1 Å². The van der Waals surface area contributed by atoms with E-state index in [0.29, 0.717) is 19.3 Å². The Morgan fingerprint density at radius 1 is 0.652 bits per heavy atom. The van der Waals surface area contributed by atoms with Gasteiger partial charge >= 0.3 is 17.9 Å². The SMILES string of the molecule is CCCCCCCC/C=C/C/C=C/CCC(=O)OCC(COCCC(C(=O)O)[N+](C)(C)C)OC(=O)CCCCCCCCCCC. The maximum absolute atomic E-state index is 12.6. The molecule has 0 heterocycles. The fourth-order valence-corrected chi connectivity index (χ4v) is 5.20. The highest BCUT2D eigenvalue weighted by Crippen LogP contribution is 2.13. The van der Waals surface area contributed by atoms with Crippen LogP contribution in [0, 0.1) is 0 Å². The third kappa shape index (κ3) is 28.1. The predicted octanol–water partition coefficient (Wildman–Crippen LogP) is 8.96. The van der Waals surface area contributed by atoms with Crippen molar-refractivity contribution in [2.75, 3.05) is 41.0 Å². The minimum atomic E-state index is -0.882. The van der Waals surface area contributed by atoms with Gasteiger partial charge in [0.1, 0.15) is 6.61 Å². The molecule has 0 fully saturated rings. The molecule has 0 aromatic rings. The van der Waals surface area contributed by atoms with Crippen molar-refractivity contribution in [1.82, 2.24) is 0 Å². The molecule has 0 aromatic carbocycles. The lowest BCUT2D eigenvalue weighted by Gasteiger charge is -2.31. The first kappa shape index (κ1) is 43.8. The Labute approximate surface area is 281 Å². The lowest BCUT2D eigenvalue weighted by Crippen LogP contribution is -2.50. The lowest BCUT2D eigenvalue weighted by atomic mass is 10.1. The first-order valence-electron chi connectivity index (χ1n) is 18.4. The average Bonchev–Trinajstić information content (AvgIpc) is 3.00. The van der Waals surface area contributed by atoms with Gasteiger partial charge in [0.2, 0.25) is 0 Å². The molecule has 1 N–H and O–H groups in total. The average molecular weight is 653 g/mol. The van der Waals surface area contributed by atoms with E-state index in [1.54, 1.807) is 0 Å².